The molecule has 0 saturated carbocycles. The molecule has 0 heterocycles. The van der Waals surface area contributed by atoms with Gasteiger partial charge in [0.1, 0.15) is 6.67 Å². The summed E-state index contributed by atoms with van der Waals surface area (Å²) in [7, 11) is 0. The van der Waals surface area contributed by atoms with Gasteiger partial charge in [-0.05, 0) is 23.3 Å². The Bertz CT molecular complexity index is 323. The van der Waals surface area contributed by atoms with Crippen LogP contribution in [0.15, 0.2) is 30.3 Å². The Hall–Kier alpha value is -1.62. The van der Waals surface area contributed by atoms with Gasteiger partial charge in [0.2, 0.25) is 0 Å². The summed E-state index contributed by atoms with van der Waals surface area (Å²) in [6.07, 6.45) is 3.02. The van der Waals surface area contributed by atoms with Crippen molar-refractivity contribution in [2.75, 3.05) is 0 Å². The molecule has 0 saturated heterocycles. The van der Waals surface area contributed by atoms with E-state index in [0.29, 0.717) is 5.56 Å². The van der Waals surface area contributed by atoms with Crippen LogP contribution in [0, 0.1) is 11.3 Å². The highest BCUT2D eigenvalue weighted by Gasteiger charge is 1.90. The number of alkyl halides is 1. The molecule has 0 atom stereocenters. The van der Waals surface area contributed by atoms with Crippen LogP contribution < -0.4 is 0 Å². The maximum absolute atomic E-state index is 12.1. The molecular formula is C10H8FN. The number of hydrogen-bond acceptors (Lipinski definition) is 1. The van der Waals surface area contributed by atoms with Crippen LogP contribution in [0.4, 0.5) is 4.39 Å². The van der Waals surface area contributed by atoms with Crippen LogP contribution in [-0.2, 0) is 6.67 Å². The van der Waals surface area contributed by atoms with Crippen LogP contribution in [0.3, 0.4) is 0 Å². The molecule has 0 spiro atoms. The van der Waals surface area contributed by atoms with Crippen molar-refractivity contribution < 1.29 is 4.39 Å². The minimum absolute atomic E-state index is 0.464. The SMILES string of the molecule is N#CC=Cc1cccc(CF)c1. The zero-order valence-electron chi connectivity index (χ0n) is 6.50. The minimum atomic E-state index is -0.464. The fourth-order valence-corrected chi connectivity index (χ4v) is 0.913. The Labute approximate surface area is 70.8 Å². The molecule has 0 radical (unpaired) electrons. The van der Waals surface area contributed by atoms with Crippen LogP contribution in [0.5, 0.6) is 0 Å². The standard InChI is InChI=1S/C10H8FN/c11-8-10-4-1-3-9(7-10)5-2-6-12/h1-5,7H,8H2. The summed E-state index contributed by atoms with van der Waals surface area (Å²) >= 11 is 0. The Morgan fingerprint density at radius 2 is 2.33 bits per heavy atom. The Morgan fingerprint density at radius 1 is 1.50 bits per heavy atom. The van der Waals surface area contributed by atoms with Crippen molar-refractivity contribution in [2.24, 2.45) is 0 Å². The minimum Gasteiger partial charge on any atom is -0.246 e. The third kappa shape index (κ3) is 2.21. The summed E-state index contributed by atoms with van der Waals surface area (Å²) < 4.78 is 12.1. The van der Waals surface area contributed by atoms with Crippen LogP contribution in [0.1, 0.15) is 11.1 Å². The van der Waals surface area contributed by atoms with E-state index >= 15 is 0 Å². The molecule has 1 nitrogen and oxygen atoms in total. The molecule has 0 bridgehead atoms. The van der Waals surface area contributed by atoms with Crippen molar-refractivity contribution in [3.05, 3.63) is 41.5 Å². The van der Waals surface area contributed by atoms with Gasteiger partial charge in [0.25, 0.3) is 0 Å². The normalized spacial score (nSPS) is 10.0. The lowest BCUT2D eigenvalue weighted by Gasteiger charge is -1.95. The van der Waals surface area contributed by atoms with Gasteiger partial charge in [-0.15, -0.1) is 0 Å². The smallest absolute Gasteiger partial charge is 0.115 e. The molecule has 60 valence electrons. The van der Waals surface area contributed by atoms with Gasteiger partial charge in [-0.2, -0.15) is 5.26 Å². The highest BCUT2D eigenvalue weighted by molar-refractivity contribution is 5.52. The average Bonchev–Trinajstić information content (AvgIpc) is 2.15. The monoisotopic (exact) mass is 161 g/mol. The van der Waals surface area contributed by atoms with E-state index in [9.17, 15) is 4.39 Å². The Morgan fingerprint density at radius 3 is 3.00 bits per heavy atom. The second-order valence-electron chi connectivity index (χ2n) is 2.34. The molecule has 0 aromatic heterocycles. The van der Waals surface area contributed by atoms with E-state index in [1.807, 2.05) is 12.1 Å². The number of hydrogen-bond donors (Lipinski definition) is 0. The van der Waals surface area contributed by atoms with Gasteiger partial charge in [0.05, 0.1) is 6.07 Å². The van der Waals surface area contributed by atoms with Crippen molar-refractivity contribution in [3.63, 3.8) is 0 Å². The van der Waals surface area contributed by atoms with Gasteiger partial charge >= 0.3 is 0 Å². The van der Waals surface area contributed by atoms with Gasteiger partial charge in [-0.1, -0.05) is 18.2 Å². The summed E-state index contributed by atoms with van der Waals surface area (Å²) in [5.74, 6) is 0. The summed E-state index contributed by atoms with van der Waals surface area (Å²) in [6.45, 7) is -0.464. The highest BCUT2D eigenvalue weighted by Crippen LogP contribution is 2.07. The predicted molar refractivity (Wildman–Crippen MR) is 45.9 cm³/mol. The van der Waals surface area contributed by atoms with E-state index < -0.39 is 6.67 Å². The van der Waals surface area contributed by atoms with Gasteiger partial charge in [-0.25, -0.2) is 4.39 Å². The molecule has 0 amide bonds. The van der Waals surface area contributed by atoms with Crippen molar-refractivity contribution in [2.45, 2.75) is 6.67 Å². The van der Waals surface area contributed by atoms with Crippen molar-refractivity contribution >= 4 is 6.08 Å². The van der Waals surface area contributed by atoms with Crippen LogP contribution >= 0.6 is 0 Å². The predicted octanol–water partition coefficient (Wildman–Crippen LogP) is 2.69. The number of nitriles is 1. The van der Waals surface area contributed by atoms with Crippen molar-refractivity contribution in [3.8, 4) is 6.07 Å². The van der Waals surface area contributed by atoms with E-state index in [1.54, 1.807) is 24.3 Å². The first-order chi connectivity index (χ1) is 5.86. The summed E-state index contributed by atoms with van der Waals surface area (Å²) in [5, 5.41) is 8.24. The molecular weight excluding hydrogens is 153 g/mol. The maximum Gasteiger partial charge on any atom is 0.115 e. The largest absolute Gasteiger partial charge is 0.246 e. The lowest BCUT2D eigenvalue weighted by Crippen LogP contribution is -1.78. The van der Waals surface area contributed by atoms with E-state index in [0.717, 1.165) is 5.56 Å². The maximum atomic E-state index is 12.1. The molecule has 2 heteroatoms. The van der Waals surface area contributed by atoms with Gasteiger partial charge in [0.15, 0.2) is 0 Å². The second kappa shape index (κ2) is 4.30. The molecule has 1 rings (SSSR count). The lowest BCUT2D eigenvalue weighted by atomic mass is 10.1. The van der Waals surface area contributed by atoms with Crippen LogP contribution in [-0.4, -0.2) is 0 Å². The Balaban J connectivity index is 2.88. The molecule has 0 unspecified atom stereocenters. The lowest BCUT2D eigenvalue weighted by molar-refractivity contribution is 0.485. The average molecular weight is 161 g/mol. The summed E-state index contributed by atoms with van der Waals surface area (Å²) in [6, 6.07) is 8.90. The fraction of sp³-hybridized carbons (Fsp3) is 0.100. The summed E-state index contributed by atoms with van der Waals surface area (Å²) in [4.78, 5) is 0. The van der Waals surface area contributed by atoms with E-state index in [2.05, 4.69) is 0 Å². The molecule has 1 aromatic carbocycles. The second-order valence-corrected chi connectivity index (χ2v) is 2.34. The third-order valence-corrected chi connectivity index (χ3v) is 1.46. The van der Waals surface area contributed by atoms with E-state index in [4.69, 9.17) is 5.26 Å². The van der Waals surface area contributed by atoms with Crippen molar-refractivity contribution in [1.82, 2.24) is 0 Å². The highest BCUT2D eigenvalue weighted by atomic mass is 19.1. The number of nitrogens with zero attached hydrogens (tertiary/aromatic N) is 1. The van der Waals surface area contributed by atoms with Crippen LogP contribution in [0.2, 0.25) is 0 Å². The third-order valence-electron chi connectivity index (χ3n) is 1.46. The van der Waals surface area contributed by atoms with E-state index in [-0.39, 0.29) is 0 Å². The van der Waals surface area contributed by atoms with Gasteiger partial charge < -0.3 is 0 Å². The quantitative estimate of drug-likeness (QED) is 0.612. The molecule has 0 aliphatic carbocycles. The molecule has 12 heavy (non-hydrogen) atoms. The van der Waals surface area contributed by atoms with Crippen molar-refractivity contribution in [1.29, 1.82) is 5.26 Å². The molecule has 0 fully saturated rings. The van der Waals surface area contributed by atoms with Crippen LogP contribution in [0.25, 0.3) is 6.08 Å². The van der Waals surface area contributed by atoms with Gasteiger partial charge in [0, 0.05) is 6.08 Å². The molecule has 0 aliphatic heterocycles. The Kier molecular flexibility index (Phi) is 3.04. The number of benzene rings is 1. The first-order valence-electron chi connectivity index (χ1n) is 3.58. The molecule has 0 aliphatic rings. The van der Waals surface area contributed by atoms with Gasteiger partial charge in [-0.3, -0.25) is 0 Å². The number of allylic oxidation sites excluding steroid dienone is 1. The first-order valence-corrected chi connectivity index (χ1v) is 3.58. The number of rotatable bonds is 2. The first kappa shape index (κ1) is 8.48. The van der Waals surface area contributed by atoms with E-state index in [1.165, 1.54) is 6.08 Å². The summed E-state index contributed by atoms with van der Waals surface area (Å²) in [5.41, 5.74) is 1.49. The molecule has 0 N–H and O–H groups in total. The zero-order chi connectivity index (χ0) is 8.81. The topological polar surface area (TPSA) is 23.8 Å². The zero-order valence-corrected chi connectivity index (χ0v) is 6.50. The fourth-order valence-electron chi connectivity index (χ4n) is 0.913. The molecule has 1 aromatic rings. The number of halogens is 1.